The zero-order valence-corrected chi connectivity index (χ0v) is 5.64. The number of nitrogens with two attached hydrogens (primary N) is 1. The van der Waals surface area contributed by atoms with Gasteiger partial charge in [0.15, 0.2) is 0 Å². The van der Waals surface area contributed by atoms with Gasteiger partial charge in [0.05, 0.1) is 0 Å². The minimum Gasteiger partial charge on any atom is -0.271 e. The van der Waals surface area contributed by atoms with E-state index in [1.54, 1.807) is 0 Å². The fraction of sp³-hybridized carbons (Fsp3) is 1.00. The molecule has 0 spiro atoms. The van der Waals surface area contributed by atoms with E-state index in [2.05, 4.69) is 5.43 Å². The van der Waals surface area contributed by atoms with Gasteiger partial charge in [-0.1, -0.05) is 0 Å². The average molecular weight is 126 g/mol. The standard InChI is InChI=1S/C7H14N2/c8-9-7-2-1-5-3-6(5)4-7/h5-7,9H,1-4,8H2. The fourth-order valence-electron chi connectivity index (χ4n) is 2.00. The molecule has 0 amide bonds. The van der Waals surface area contributed by atoms with Crippen LogP contribution in [-0.2, 0) is 0 Å². The van der Waals surface area contributed by atoms with Gasteiger partial charge in [0.2, 0.25) is 0 Å². The van der Waals surface area contributed by atoms with Gasteiger partial charge in [0.25, 0.3) is 0 Å². The van der Waals surface area contributed by atoms with Crippen molar-refractivity contribution in [2.24, 2.45) is 17.7 Å². The van der Waals surface area contributed by atoms with Crippen molar-refractivity contribution in [2.75, 3.05) is 0 Å². The van der Waals surface area contributed by atoms with Gasteiger partial charge in [0, 0.05) is 6.04 Å². The third-order valence-electron chi connectivity index (χ3n) is 2.78. The first kappa shape index (κ1) is 5.69. The molecule has 3 atom stereocenters. The topological polar surface area (TPSA) is 38.0 Å². The Balaban J connectivity index is 1.86. The average Bonchev–Trinajstić information content (AvgIpc) is 2.64. The lowest BCUT2D eigenvalue weighted by molar-refractivity contribution is 0.365. The fourth-order valence-corrected chi connectivity index (χ4v) is 2.00. The summed E-state index contributed by atoms with van der Waals surface area (Å²) in [4.78, 5) is 0. The summed E-state index contributed by atoms with van der Waals surface area (Å²) in [5.41, 5.74) is 2.86. The number of hydrogen-bond acceptors (Lipinski definition) is 2. The number of fused-ring (bicyclic) bond motifs is 1. The Labute approximate surface area is 55.8 Å². The highest BCUT2D eigenvalue weighted by Crippen LogP contribution is 2.49. The Morgan fingerprint density at radius 1 is 1.11 bits per heavy atom. The SMILES string of the molecule is NNC1CCC2CC2C1. The predicted octanol–water partition coefficient (Wildman–Crippen LogP) is 0.638. The van der Waals surface area contributed by atoms with Crippen LogP contribution in [0.3, 0.4) is 0 Å². The molecular weight excluding hydrogens is 112 g/mol. The van der Waals surface area contributed by atoms with E-state index >= 15 is 0 Å². The van der Waals surface area contributed by atoms with Gasteiger partial charge in [-0.2, -0.15) is 0 Å². The smallest absolute Gasteiger partial charge is 0.0213 e. The second-order valence-electron chi connectivity index (χ2n) is 3.43. The van der Waals surface area contributed by atoms with Crippen LogP contribution in [0.5, 0.6) is 0 Å². The molecule has 52 valence electrons. The van der Waals surface area contributed by atoms with Crippen molar-refractivity contribution in [3.63, 3.8) is 0 Å². The summed E-state index contributed by atoms with van der Waals surface area (Å²) < 4.78 is 0. The molecule has 0 saturated heterocycles. The van der Waals surface area contributed by atoms with Crippen LogP contribution in [0.25, 0.3) is 0 Å². The van der Waals surface area contributed by atoms with Gasteiger partial charge < -0.3 is 0 Å². The van der Waals surface area contributed by atoms with E-state index in [1.807, 2.05) is 0 Å². The largest absolute Gasteiger partial charge is 0.271 e. The maximum atomic E-state index is 5.33. The Morgan fingerprint density at radius 2 is 2.00 bits per heavy atom. The van der Waals surface area contributed by atoms with E-state index in [4.69, 9.17) is 5.84 Å². The summed E-state index contributed by atoms with van der Waals surface area (Å²) in [6.07, 6.45) is 5.54. The van der Waals surface area contributed by atoms with Crippen LogP contribution in [0.15, 0.2) is 0 Å². The zero-order valence-electron chi connectivity index (χ0n) is 5.64. The van der Waals surface area contributed by atoms with Gasteiger partial charge in [-0.15, -0.1) is 0 Å². The van der Waals surface area contributed by atoms with Crippen LogP contribution in [0.2, 0.25) is 0 Å². The molecule has 0 aromatic heterocycles. The maximum absolute atomic E-state index is 5.33. The number of hydrogen-bond donors (Lipinski definition) is 2. The Kier molecular flexibility index (Phi) is 1.24. The first-order valence-electron chi connectivity index (χ1n) is 3.86. The molecule has 2 aliphatic carbocycles. The molecule has 0 aromatic carbocycles. The number of nitrogens with one attached hydrogen (secondary N) is 1. The van der Waals surface area contributed by atoms with Gasteiger partial charge in [-0.3, -0.25) is 11.3 Å². The lowest BCUT2D eigenvalue weighted by atomic mass is 9.96. The van der Waals surface area contributed by atoms with Crippen LogP contribution < -0.4 is 11.3 Å². The molecule has 2 rings (SSSR count). The van der Waals surface area contributed by atoms with E-state index in [-0.39, 0.29) is 0 Å². The number of rotatable bonds is 1. The normalized spacial score (nSPS) is 48.3. The second-order valence-corrected chi connectivity index (χ2v) is 3.43. The first-order chi connectivity index (χ1) is 4.40. The molecule has 3 N–H and O–H groups in total. The van der Waals surface area contributed by atoms with Crippen molar-refractivity contribution < 1.29 is 0 Å². The third kappa shape index (κ3) is 0.970. The molecular formula is C7H14N2. The molecule has 0 heterocycles. The van der Waals surface area contributed by atoms with Crippen molar-refractivity contribution in [3.8, 4) is 0 Å². The van der Waals surface area contributed by atoms with Gasteiger partial charge in [-0.25, -0.2) is 0 Å². The van der Waals surface area contributed by atoms with Crippen LogP contribution in [0.1, 0.15) is 25.7 Å². The highest BCUT2D eigenvalue weighted by Gasteiger charge is 2.41. The molecule has 9 heavy (non-hydrogen) atoms. The molecule has 0 aliphatic heterocycles. The minimum absolute atomic E-state index is 0.633. The van der Waals surface area contributed by atoms with E-state index in [0.29, 0.717) is 6.04 Å². The molecule has 3 unspecified atom stereocenters. The molecule has 0 bridgehead atoms. The maximum Gasteiger partial charge on any atom is 0.0213 e. The molecule has 0 aromatic rings. The summed E-state index contributed by atoms with van der Waals surface area (Å²) in [5.74, 6) is 7.47. The lowest BCUT2D eigenvalue weighted by Gasteiger charge is -2.19. The summed E-state index contributed by atoms with van der Waals surface area (Å²) in [5, 5.41) is 0. The third-order valence-corrected chi connectivity index (χ3v) is 2.78. The number of hydrazine groups is 1. The second kappa shape index (κ2) is 1.96. The quantitative estimate of drug-likeness (QED) is 0.399. The zero-order chi connectivity index (χ0) is 6.27. The van der Waals surface area contributed by atoms with Crippen LogP contribution in [0.4, 0.5) is 0 Å². The first-order valence-corrected chi connectivity index (χ1v) is 3.86. The minimum atomic E-state index is 0.633. The van der Waals surface area contributed by atoms with E-state index in [9.17, 15) is 0 Å². The van der Waals surface area contributed by atoms with Gasteiger partial charge in [-0.05, 0) is 37.5 Å². The summed E-state index contributed by atoms with van der Waals surface area (Å²) in [6, 6.07) is 0.633. The molecule has 2 nitrogen and oxygen atoms in total. The van der Waals surface area contributed by atoms with Crippen molar-refractivity contribution in [1.29, 1.82) is 0 Å². The van der Waals surface area contributed by atoms with Crippen LogP contribution in [-0.4, -0.2) is 6.04 Å². The molecule has 0 radical (unpaired) electrons. The molecule has 2 heteroatoms. The highest BCUT2D eigenvalue weighted by atomic mass is 15.2. The van der Waals surface area contributed by atoms with Crippen molar-refractivity contribution in [2.45, 2.75) is 31.7 Å². The predicted molar refractivity (Wildman–Crippen MR) is 36.6 cm³/mol. The highest BCUT2D eigenvalue weighted by molar-refractivity contribution is 4.93. The van der Waals surface area contributed by atoms with Gasteiger partial charge >= 0.3 is 0 Å². The summed E-state index contributed by atoms with van der Waals surface area (Å²) in [7, 11) is 0. The molecule has 2 fully saturated rings. The van der Waals surface area contributed by atoms with Crippen molar-refractivity contribution >= 4 is 0 Å². The van der Waals surface area contributed by atoms with Crippen molar-refractivity contribution in [3.05, 3.63) is 0 Å². The summed E-state index contributed by atoms with van der Waals surface area (Å²) >= 11 is 0. The van der Waals surface area contributed by atoms with Gasteiger partial charge in [0.1, 0.15) is 0 Å². The van der Waals surface area contributed by atoms with Crippen LogP contribution in [0, 0.1) is 11.8 Å². The molecule has 2 aliphatic rings. The lowest BCUT2D eigenvalue weighted by Crippen LogP contribution is -2.36. The summed E-state index contributed by atoms with van der Waals surface area (Å²) in [6.45, 7) is 0. The Bertz CT molecular complexity index is 113. The van der Waals surface area contributed by atoms with Crippen molar-refractivity contribution in [1.82, 2.24) is 5.43 Å². The van der Waals surface area contributed by atoms with Crippen LogP contribution >= 0.6 is 0 Å². The van der Waals surface area contributed by atoms with E-state index in [1.165, 1.54) is 25.7 Å². The monoisotopic (exact) mass is 126 g/mol. The molecule has 2 saturated carbocycles. The van der Waals surface area contributed by atoms with E-state index in [0.717, 1.165) is 11.8 Å². The Hall–Kier alpha value is -0.0800. The van der Waals surface area contributed by atoms with E-state index < -0.39 is 0 Å². The Morgan fingerprint density at radius 3 is 2.67 bits per heavy atom.